The highest BCUT2D eigenvalue weighted by Crippen LogP contribution is 2.24. The largest absolute Gasteiger partial charge is 0.398 e. The van der Waals surface area contributed by atoms with Crippen LogP contribution in [0.5, 0.6) is 0 Å². The molecule has 0 aliphatic carbocycles. The van der Waals surface area contributed by atoms with Gasteiger partial charge in [0, 0.05) is 18.7 Å². The lowest BCUT2D eigenvalue weighted by molar-refractivity contribution is -0.0107. The second kappa shape index (κ2) is 4.78. The van der Waals surface area contributed by atoms with Gasteiger partial charge < -0.3 is 15.7 Å². The molecule has 1 aromatic rings. The normalized spacial score (nSPS) is 24.1. The zero-order valence-electron chi connectivity index (χ0n) is 10.3. The predicted octanol–water partition coefficient (Wildman–Crippen LogP) is 1.91. The van der Waals surface area contributed by atoms with Crippen molar-refractivity contribution in [1.29, 1.82) is 0 Å². The molecule has 1 atom stereocenters. The summed E-state index contributed by atoms with van der Waals surface area (Å²) in [5.74, 6) is -0.114. The van der Waals surface area contributed by atoms with Crippen LogP contribution in [-0.4, -0.2) is 34.6 Å². The van der Waals surface area contributed by atoms with Crippen molar-refractivity contribution in [1.82, 2.24) is 4.90 Å². The van der Waals surface area contributed by atoms with E-state index < -0.39 is 5.60 Å². The van der Waals surface area contributed by atoms with Crippen LogP contribution in [0.4, 0.5) is 5.69 Å². The molecule has 0 aromatic heterocycles. The number of nitrogen functional groups attached to an aromatic ring is 1. The first-order valence-electron chi connectivity index (χ1n) is 5.96. The maximum Gasteiger partial charge on any atom is 0.254 e. The third-order valence-corrected chi connectivity index (χ3v) is 3.54. The van der Waals surface area contributed by atoms with Gasteiger partial charge in [0.25, 0.3) is 5.91 Å². The van der Waals surface area contributed by atoms with Crippen molar-refractivity contribution in [2.24, 2.45) is 0 Å². The number of nitrogens with zero attached hydrogens (tertiary/aromatic N) is 1. The second-order valence-corrected chi connectivity index (χ2v) is 5.47. The smallest absolute Gasteiger partial charge is 0.254 e. The zero-order valence-corrected chi connectivity index (χ0v) is 11.1. The van der Waals surface area contributed by atoms with Gasteiger partial charge in [0.15, 0.2) is 0 Å². The molecule has 18 heavy (non-hydrogen) atoms. The van der Waals surface area contributed by atoms with Gasteiger partial charge in [0.2, 0.25) is 0 Å². The van der Waals surface area contributed by atoms with Crippen molar-refractivity contribution in [3.8, 4) is 0 Å². The minimum Gasteiger partial charge on any atom is -0.398 e. The molecule has 0 saturated carbocycles. The first-order chi connectivity index (χ1) is 8.39. The fourth-order valence-electron chi connectivity index (χ4n) is 2.24. The lowest BCUT2D eigenvalue weighted by Crippen LogP contribution is -2.48. The minimum atomic E-state index is -0.800. The molecule has 0 spiro atoms. The number of β-amino-alcohol motifs (C(OH)–C–C–N with tert-alkyl or cyclic N) is 1. The van der Waals surface area contributed by atoms with Crippen molar-refractivity contribution >= 4 is 23.2 Å². The van der Waals surface area contributed by atoms with Gasteiger partial charge in [0.1, 0.15) is 0 Å². The Morgan fingerprint density at radius 3 is 2.89 bits per heavy atom. The number of halogens is 1. The number of rotatable bonds is 1. The van der Waals surface area contributed by atoms with E-state index in [-0.39, 0.29) is 5.91 Å². The summed E-state index contributed by atoms with van der Waals surface area (Å²) in [6.45, 7) is 2.77. The van der Waals surface area contributed by atoms with Crippen LogP contribution in [-0.2, 0) is 0 Å². The molecule has 98 valence electrons. The maximum atomic E-state index is 12.3. The second-order valence-electron chi connectivity index (χ2n) is 5.06. The molecule has 1 aromatic carbocycles. The van der Waals surface area contributed by atoms with E-state index >= 15 is 0 Å². The van der Waals surface area contributed by atoms with Gasteiger partial charge in [-0.2, -0.15) is 0 Å². The molecule has 1 unspecified atom stereocenters. The van der Waals surface area contributed by atoms with Crippen LogP contribution in [0.25, 0.3) is 0 Å². The van der Waals surface area contributed by atoms with Crippen molar-refractivity contribution < 1.29 is 9.90 Å². The van der Waals surface area contributed by atoms with Crippen molar-refractivity contribution in [3.05, 3.63) is 28.8 Å². The highest BCUT2D eigenvalue weighted by Gasteiger charge is 2.31. The fourth-order valence-corrected chi connectivity index (χ4v) is 2.42. The number of amides is 1. The molecule has 1 amide bonds. The van der Waals surface area contributed by atoms with Crippen LogP contribution in [0.15, 0.2) is 18.2 Å². The Morgan fingerprint density at radius 2 is 2.28 bits per heavy atom. The van der Waals surface area contributed by atoms with E-state index in [1.54, 1.807) is 30.0 Å². The van der Waals surface area contributed by atoms with Gasteiger partial charge in [-0.25, -0.2) is 0 Å². The monoisotopic (exact) mass is 268 g/mol. The predicted molar refractivity (Wildman–Crippen MR) is 71.6 cm³/mol. The summed E-state index contributed by atoms with van der Waals surface area (Å²) in [7, 11) is 0. The molecule has 3 N–H and O–H groups in total. The van der Waals surface area contributed by atoms with Gasteiger partial charge in [-0.3, -0.25) is 4.79 Å². The van der Waals surface area contributed by atoms with Crippen molar-refractivity contribution in [2.45, 2.75) is 25.4 Å². The Balaban J connectivity index is 2.18. The fraction of sp³-hybridized carbons (Fsp3) is 0.462. The molecular weight excluding hydrogens is 252 g/mol. The molecule has 0 bridgehead atoms. The number of anilines is 1. The lowest BCUT2D eigenvalue weighted by atomic mass is 9.94. The Morgan fingerprint density at radius 1 is 1.56 bits per heavy atom. The average molecular weight is 269 g/mol. The lowest BCUT2D eigenvalue weighted by Gasteiger charge is -2.36. The third-order valence-electron chi connectivity index (χ3n) is 3.21. The number of aliphatic hydroxyl groups is 1. The Hall–Kier alpha value is -1.26. The molecule has 1 aliphatic rings. The van der Waals surface area contributed by atoms with Crippen molar-refractivity contribution in [2.75, 3.05) is 18.8 Å². The highest BCUT2D eigenvalue weighted by atomic mass is 35.5. The Labute approximate surface area is 111 Å². The number of nitrogens with two attached hydrogens (primary N) is 1. The van der Waals surface area contributed by atoms with Crippen LogP contribution in [0.3, 0.4) is 0 Å². The summed E-state index contributed by atoms with van der Waals surface area (Å²) in [6.07, 6.45) is 1.53. The van der Waals surface area contributed by atoms with Crippen LogP contribution in [0.1, 0.15) is 30.1 Å². The summed E-state index contributed by atoms with van der Waals surface area (Å²) in [5.41, 5.74) is 5.78. The van der Waals surface area contributed by atoms with Crippen molar-refractivity contribution in [3.63, 3.8) is 0 Å². The molecule has 1 saturated heterocycles. The Bertz CT molecular complexity index is 474. The molecule has 4 nitrogen and oxygen atoms in total. The third kappa shape index (κ3) is 2.76. The number of likely N-dealkylation sites (tertiary alicyclic amines) is 1. The average Bonchev–Trinajstić information content (AvgIpc) is 2.30. The van der Waals surface area contributed by atoms with E-state index in [2.05, 4.69) is 0 Å². The summed E-state index contributed by atoms with van der Waals surface area (Å²) in [4.78, 5) is 13.9. The summed E-state index contributed by atoms with van der Waals surface area (Å²) < 4.78 is 0. The quantitative estimate of drug-likeness (QED) is 0.765. The minimum absolute atomic E-state index is 0.114. The molecule has 1 fully saturated rings. The first-order valence-corrected chi connectivity index (χ1v) is 6.33. The van der Waals surface area contributed by atoms with Crippen LogP contribution in [0, 0.1) is 0 Å². The summed E-state index contributed by atoms with van der Waals surface area (Å²) in [5, 5.41) is 10.4. The van der Waals surface area contributed by atoms with E-state index in [0.29, 0.717) is 29.4 Å². The number of hydrogen-bond acceptors (Lipinski definition) is 3. The summed E-state index contributed by atoms with van der Waals surface area (Å²) in [6, 6.07) is 4.85. The number of piperidine rings is 1. The standard InChI is InChI=1S/C13H17ClN2O2/c1-13(18)5-2-6-16(8-13)12(17)9-3-4-11(15)10(14)7-9/h3-4,7,18H,2,5-6,8,15H2,1H3. The van der Waals surface area contributed by atoms with Gasteiger partial charge in [-0.1, -0.05) is 11.6 Å². The van der Waals surface area contributed by atoms with Crippen LogP contribution < -0.4 is 5.73 Å². The van der Waals surface area contributed by atoms with Gasteiger partial charge in [-0.05, 0) is 38.0 Å². The molecule has 2 rings (SSSR count). The van der Waals surface area contributed by atoms with Crippen LogP contribution >= 0.6 is 11.6 Å². The summed E-state index contributed by atoms with van der Waals surface area (Å²) >= 11 is 5.91. The van der Waals surface area contributed by atoms with Gasteiger partial charge in [-0.15, -0.1) is 0 Å². The van der Waals surface area contributed by atoms with Gasteiger partial charge in [0.05, 0.1) is 16.3 Å². The van der Waals surface area contributed by atoms with E-state index in [1.807, 2.05) is 0 Å². The van der Waals surface area contributed by atoms with Crippen LogP contribution in [0.2, 0.25) is 5.02 Å². The first kappa shape index (κ1) is 13.2. The van der Waals surface area contributed by atoms with E-state index in [9.17, 15) is 9.90 Å². The molecule has 0 radical (unpaired) electrons. The SMILES string of the molecule is CC1(O)CCCN(C(=O)c2ccc(N)c(Cl)c2)C1. The number of hydrogen-bond donors (Lipinski definition) is 2. The van der Waals surface area contributed by atoms with E-state index in [1.165, 1.54) is 0 Å². The number of carbonyl (C=O) groups is 1. The molecule has 5 heteroatoms. The van der Waals surface area contributed by atoms with E-state index in [4.69, 9.17) is 17.3 Å². The van der Waals surface area contributed by atoms with E-state index in [0.717, 1.165) is 12.8 Å². The molecule has 1 heterocycles. The molecule has 1 aliphatic heterocycles. The topological polar surface area (TPSA) is 66.6 Å². The Kier molecular flexibility index (Phi) is 3.50. The highest BCUT2D eigenvalue weighted by molar-refractivity contribution is 6.33. The number of benzene rings is 1. The molecular formula is C13H17ClN2O2. The van der Waals surface area contributed by atoms with Gasteiger partial charge >= 0.3 is 0 Å². The maximum absolute atomic E-state index is 12.3. The number of carbonyl (C=O) groups excluding carboxylic acids is 1. The zero-order chi connectivity index (χ0) is 13.3.